The summed E-state index contributed by atoms with van der Waals surface area (Å²) in [5, 5.41) is 1.33. The third kappa shape index (κ3) is 3.13. The maximum absolute atomic E-state index is 6.20. The second-order valence-corrected chi connectivity index (χ2v) is 5.89. The van der Waals surface area contributed by atoms with E-state index in [1.165, 1.54) is 0 Å². The van der Waals surface area contributed by atoms with E-state index in [0.29, 0.717) is 10.0 Å². The SMILES string of the molecule is Clc1cc[14c](C(c2ccccc2Cl)C(Cl)Cl)cc1. The Morgan fingerprint density at radius 2 is 1.50 bits per heavy atom. The molecule has 94 valence electrons. The van der Waals surface area contributed by atoms with Gasteiger partial charge in [0.2, 0.25) is 0 Å². The molecule has 0 N–H and O–H groups in total. The predicted octanol–water partition coefficient (Wildman–Crippen LogP) is 5.93. The van der Waals surface area contributed by atoms with Gasteiger partial charge in [0.15, 0.2) is 0 Å². The van der Waals surface area contributed by atoms with E-state index in [1.54, 1.807) is 0 Å². The summed E-state index contributed by atoms with van der Waals surface area (Å²) in [4.78, 5) is -0.578. The number of hydrogen-bond acceptors (Lipinski definition) is 0. The fourth-order valence-electron chi connectivity index (χ4n) is 1.86. The lowest BCUT2D eigenvalue weighted by Crippen LogP contribution is -2.09. The van der Waals surface area contributed by atoms with E-state index in [-0.39, 0.29) is 5.92 Å². The molecule has 2 rings (SSSR count). The number of benzene rings is 2. The van der Waals surface area contributed by atoms with Crippen LogP contribution in [0.15, 0.2) is 48.5 Å². The molecular formula is C14H10Cl4. The molecule has 2 aromatic carbocycles. The third-order valence-electron chi connectivity index (χ3n) is 2.72. The molecular weight excluding hydrogens is 312 g/mol. The zero-order valence-electron chi connectivity index (χ0n) is 9.29. The van der Waals surface area contributed by atoms with Crippen molar-refractivity contribution in [2.24, 2.45) is 0 Å². The molecule has 0 spiro atoms. The Kier molecular flexibility index (Phi) is 4.80. The van der Waals surface area contributed by atoms with Gasteiger partial charge in [-0.05, 0) is 29.3 Å². The van der Waals surface area contributed by atoms with Crippen LogP contribution in [0.4, 0.5) is 0 Å². The van der Waals surface area contributed by atoms with Crippen LogP contribution in [-0.4, -0.2) is 4.84 Å². The topological polar surface area (TPSA) is 0 Å². The van der Waals surface area contributed by atoms with Gasteiger partial charge in [0.25, 0.3) is 0 Å². The molecule has 18 heavy (non-hydrogen) atoms. The molecule has 0 aromatic heterocycles. The monoisotopic (exact) mass is 320 g/mol. The van der Waals surface area contributed by atoms with Crippen LogP contribution in [0.1, 0.15) is 17.0 Å². The highest BCUT2D eigenvalue weighted by Gasteiger charge is 2.23. The molecule has 0 aliphatic carbocycles. The summed E-state index contributed by atoms with van der Waals surface area (Å²) in [7, 11) is 0. The minimum atomic E-state index is -0.578. The molecule has 0 bridgehead atoms. The summed E-state index contributed by atoms with van der Waals surface area (Å²) in [5.41, 5.74) is 1.90. The van der Waals surface area contributed by atoms with Gasteiger partial charge in [-0.1, -0.05) is 53.5 Å². The van der Waals surface area contributed by atoms with Gasteiger partial charge in [-0.2, -0.15) is 0 Å². The molecule has 2 aromatic rings. The Hall–Kier alpha value is -0.400. The van der Waals surface area contributed by atoms with E-state index in [1.807, 2.05) is 48.5 Å². The minimum Gasteiger partial charge on any atom is -0.104 e. The van der Waals surface area contributed by atoms with Gasteiger partial charge in [0.05, 0.1) is 0 Å². The Morgan fingerprint density at radius 1 is 0.889 bits per heavy atom. The quantitative estimate of drug-likeness (QED) is 0.615. The fraction of sp³-hybridized carbons (Fsp3) is 0.143. The normalized spacial score (nSPS) is 12.7. The molecule has 0 aliphatic heterocycles. The molecule has 0 heterocycles. The van der Waals surface area contributed by atoms with Gasteiger partial charge in [-0.3, -0.25) is 0 Å². The highest BCUT2D eigenvalue weighted by atomic mass is 35.5. The second-order valence-electron chi connectivity index (χ2n) is 3.89. The Balaban J connectivity index is 2.47. The Morgan fingerprint density at radius 3 is 2.06 bits per heavy atom. The molecule has 0 amide bonds. The molecule has 0 saturated carbocycles. The van der Waals surface area contributed by atoms with Crippen molar-refractivity contribution in [1.82, 2.24) is 0 Å². The number of rotatable bonds is 3. The maximum Gasteiger partial charge on any atom is 0.118 e. The van der Waals surface area contributed by atoms with Crippen molar-refractivity contribution in [3.8, 4) is 0 Å². The standard InChI is InChI=1S/C14H10Cl4/c15-10-7-5-9(6-8-10)13(14(17)18)11-3-1-2-4-12(11)16/h1-8,13-14H/i9+2. The van der Waals surface area contributed by atoms with Gasteiger partial charge < -0.3 is 0 Å². The zero-order chi connectivity index (χ0) is 13.1. The van der Waals surface area contributed by atoms with Gasteiger partial charge in [0.1, 0.15) is 4.84 Å². The molecule has 0 nitrogen and oxygen atoms in total. The van der Waals surface area contributed by atoms with Crippen molar-refractivity contribution in [2.45, 2.75) is 10.8 Å². The average molecular weight is 322 g/mol. The largest absolute Gasteiger partial charge is 0.118 e. The lowest BCUT2D eigenvalue weighted by Gasteiger charge is -2.20. The van der Waals surface area contributed by atoms with E-state index in [4.69, 9.17) is 46.4 Å². The predicted molar refractivity (Wildman–Crippen MR) is 80.2 cm³/mol. The van der Waals surface area contributed by atoms with Crippen molar-refractivity contribution < 1.29 is 0 Å². The maximum atomic E-state index is 6.20. The molecule has 0 radical (unpaired) electrons. The molecule has 0 fully saturated rings. The molecule has 0 aliphatic rings. The molecule has 1 atom stereocenters. The highest BCUT2D eigenvalue weighted by molar-refractivity contribution is 6.45. The smallest absolute Gasteiger partial charge is 0.104 e. The first-order valence-corrected chi connectivity index (χ1v) is 7.00. The number of alkyl halides is 2. The molecule has 1 unspecified atom stereocenters. The van der Waals surface area contributed by atoms with Crippen molar-refractivity contribution in [3.63, 3.8) is 0 Å². The van der Waals surface area contributed by atoms with Crippen molar-refractivity contribution in [1.29, 1.82) is 0 Å². The van der Waals surface area contributed by atoms with Crippen LogP contribution in [0.25, 0.3) is 0 Å². The van der Waals surface area contributed by atoms with Gasteiger partial charge in [-0.15, -0.1) is 23.2 Å². The highest BCUT2D eigenvalue weighted by Crippen LogP contribution is 2.37. The lowest BCUT2D eigenvalue weighted by molar-refractivity contribution is 0.887. The average Bonchev–Trinajstić information content (AvgIpc) is 2.34. The Labute approximate surface area is 126 Å². The summed E-state index contributed by atoms with van der Waals surface area (Å²) >= 11 is 24.3. The van der Waals surface area contributed by atoms with Crippen molar-refractivity contribution in [2.75, 3.05) is 0 Å². The number of halogens is 4. The lowest BCUT2D eigenvalue weighted by atomic mass is 10.1. The first kappa shape index (κ1) is 14.0. The van der Waals surface area contributed by atoms with Gasteiger partial charge in [0, 0.05) is 16.0 Å². The second kappa shape index (κ2) is 6.16. The summed E-state index contributed by atoms with van der Waals surface area (Å²) < 4.78 is 0. The Bertz CT molecular complexity index is 520. The summed E-state index contributed by atoms with van der Waals surface area (Å²) in [6, 6.07) is 15.0. The zero-order valence-corrected chi connectivity index (χ0v) is 12.3. The van der Waals surface area contributed by atoms with Crippen LogP contribution in [0.5, 0.6) is 0 Å². The van der Waals surface area contributed by atoms with E-state index in [9.17, 15) is 0 Å². The molecule has 0 saturated heterocycles. The van der Waals surface area contributed by atoms with E-state index in [0.717, 1.165) is 11.1 Å². The van der Waals surface area contributed by atoms with Crippen LogP contribution in [0.2, 0.25) is 10.0 Å². The fourth-order valence-corrected chi connectivity index (χ4v) is 2.80. The van der Waals surface area contributed by atoms with Gasteiger partial charge >= 0.3 is 0 Å². The van der Waals surface area contributed by atoms with Gasteiger partial charge in [-0.25, -0.2) is 0 Å². The first-order chi connectivity index (χ1) is 8.59. The van der Waals surface area contributed by atoms with E-state index < -0.39 is 4.84 Å². The van der Waals surface area contributed by atoms with Crippen LogP contribution in [-0.2, 0) is 0 Å². The summed E-state index contributed by atoms with van der Waals surface area (Å²) in [6.45, 7) is 0. The first-order valence-electron chi connectivity index (χ1n) is 5.37. The van der Waals surface area contributed by atoms with Crippen LogP contribution in [0, 0.1) is 0 Å². The minimum absolute atomic E-state index is 0.167. The third-order valence-corrected chi connectivity index (χ3v) is 3.82. The summed E-state index contributed by atoms with van der Waals surface area (Å²) in [6.07, 6.45) is 0. The van der Waals surface area contributed by atoms with E-state index in [2.05, 4.69) is 0 Å². The van der Waals surface area contributed by atoms with Crippen molar-refractivity contribution >= 4 is 46.4 Å². The number of hydrogen-bond donors (Lipinski definition) is 0. The van der Waals surface area contributed by atoms with Crippen LogP contribution >= 0.6 is 46.4 Å². The van der Waals surface area contributed by atoms with Crippen LogP contribution < -0.4 is 0 Å². The van der Waals surface area contributed by atoms with E-state index >= 15 is 0 Å². The van der Waals surface area contributed by atoms with Crippen LogP contribution in [0.3, 0.4) is 0 Å². The summed E-state index contributed by atoms with van der Waals surface area (Å²) in [5.74, 6) is -0.167. The molecule has 4 heteroatoms. The van der Waals surface area contributed by atoms with Crippen molar-refractivity contribution in [3.05, 3.63) is 69.7 Å².